The Bertz CT molecular complexity index is 9350. The van der Waals surface area contributed by atoms with Crippen molar-refractivity contribution in [3.05, 3.63) is 376 Å². The van der Waals surface area contributed by atoms with Crippen molar-refractivity contribution < 1.29 is 39.4 Å². The Kier molecular flexibility index (Phi) is 22.2. The highest BCUT2D eigenvalue weighted by molar-refractivity contribution is 7.27. The summed E-state index contributed by atoms with van der Waals surface area (Å²) < 4.78 is 31.9. The molecular formula is C118H78N8O8S4. The van der Waals surface area contributed by atoms with E-state index in [1.54, 1.807) is 134 Å². The molecule has 0 fully saturated rings. The topological polar surface area (TPSA) is 221 Å². The molecule has 0 aliphatic carbocycles. The fraction of sp³-hybridized carbons (Fsp3) is 0.0339. The van der Waals surface area contributed by atoms with Crippen molar-refractivity contribution in [1.29, 1.82) is 0 Å². The number of benzene rings is 18. The van der Waals surface area contributed by atoms with Gasteiger partial charge in [0.25, 0.3) is 0 Å². The van der Waals surface area contributed by atoms with E-state index in [2.05, 4.69) is 269 Å². The number of methoxy groups -OCH3 is 4. The summed E-state index contributed by atoms with van der Waals surface area (Å²) in [6, 6.07) is 126. The molecule has 0 unspecified atom stereocenters. The van der Waals surface area contributed by atoms with Crippen molar-refractivity contribution in [2.45, 2.75) is 0 Å². The number of aromatic nitrogens is 8. The zero-order valence-corrected chi connectivity index (χ0v) is 77.7. The van der Waals surface area contributed by atoms with E-state index in [9.17, 15) is 20.4 Å². The lowest BCUT2D eigenvalue weighted by Crippen LogP contribution is -1.97. The maximum atomic E-state index is 10.5. The van der Waals surface area contributed by atoms with Crippen molar-refractivity contribution in [3.8, 4) is 148 Å². The molecule has 0 aliphatic rings. The van der Waals surface area contributed by atoms with E-state index < -0.39 is 0 Å². The molecule has 26 aromatic rings. The number of rotatable bonds is 13. The monoisotopic (exact) mass is 1860 g/mol. The first-order valence-corrected chi connectivity index (χ1v) is 47.8. The molecule has 8 heterocycles. The Hall–Kier alpha value is -17.1. The molecule has 0 saturated heterocycles. The standard InChI is InChI=1S/C33H22N2O2S.C31H20N2O2S.2C27H18N2O2S/c1-37-31-19-27(34-33(35-31)24-13-7-8-14-28(24)36)26-18-30-32(23-12-6-5-11-22(23)26)25-16-15-21(17-29(25)38-30)20-9-3-2-4-10-20;1-35-28-17-24(32-31(33-28)22-12-6-7-13-25(22)34)23-16-27-30(21-11-5-4-10-20(21)23)29-19-9-3-2-8-18(19)14-15-26(29)36-27;1-31-25-15-21(28-27(29-25)18-10-4-6-12-22(18)30)20-14-24-26(17-9-3-2-8-16(17)20)19-11-5-7-13-23(19)32-24;1-31-26-15-22(28-27(29-26)20-8-4-5-9-23(20)30)18-10-11-19-21-12-16-6-2-3-7-17(16)13-25(21)32-24(19)14-18/h2-19,36H,1H3;2-17,34H,1H3;2*2-15,30H,1H3. The number of phenolic OH excluding ortho intramolecular Hbond substituents is 4. The minimum Gasteiger partial charge on any atom is -0.507 e. The Labute approximate surface area is 805 Å². The average Bonchev–Trinajstić information content (AvgIpc) is 1.56. The summed E-state index contributed by atoms with van der Waals surface area (Å²) >= 11 is 7.16. The summed E-state index contributed by atoms with van der Waals surface area (Å²) in [4.78, 5) is 37.4. The van der Waals surface area contributed by atoms with Crippen LogP contribution in [0.5, 0.6) is 46.5 Å². The van der Waals surface area contributed by atoms with E-state index in [1.807, 2.05) is 66.7 Å². The van der Waals surface area contributed by atoms with Crippen LogP contribution in [-0.2, 0) is 0 Å². The van der Waals surface area contributed by atoms with Crippen molar-refractivity contribution in [1.82, 2.24) is 39.9 Å². The molecule has 26 rings (SSSR count). The highest BCUT2D eigenvalue weighted by atomic mass is 32.1. The van der Waals surface area contributed by atoms with Crippen LogP contribution < -0.4 is 18.9 Å². The number of fused-ring (bicyclic) bond motifs is 21. The van der Waals surface area contributed by atoms with Gasteiger partial charge in [0.15, 0.2) is 23.3 Å². The molecular weight excluding hydrogens is 1790 g/mol. The van der Waals surface area contributed by atoms with Gasteiger partial charge in [0, 0.05) is 127 Å². The van der Waals surface area contributed by atoms with Gasteiger partial charge in [-0.1, -0.05) is 249 Å². The molecule has 4 N–H and O–H groups in total. The van der Waals surface area contributed by atoms with Gasteiger partial charge < -0.3 is 39.4 Å². The molecule has 138 heavy (non-hydrogen) atoms. The maximum Gasteiger partial charge on any atom is 0.217 e. The molecule has 18 aromatic carbocycles. The first-order valence-electron chi connectivity index (χ1n) is 44.6. The van der Waals surface area contributed by atoms with Crippen LogP contribution in [0.2, 0.25) is 0 Å². The van der Waals surface area contributed by atoms with Gasteiger partial charge in [0.2, 0.25) is 23.5 Å². The summed E-state index contributed by atoms with van der Waals surface area (Å²) in [5, 5.41) is 63.6. The van der Waals surface area contributed by atoms with Gasteiger partial charge in [0.05, 0.1) is 73.5 Å². The number of aromatic hydroxyl groups is 4. The Balaban J connectivity index is 0.000000103. The second-order valence-corrected chi connectivity index (χ2v) is 37.5. The van der Waals surface area contributed by atoms with Crippen molar-refractivity contribution >= 4 is 180 Å². The lowest BCUT2D eigenvalue weighted by molar-refractivity contribution is 0.397. The highest BCUT2D eigenvalue weighted by Crippen LogP contribution is 2.50. The lowest BCUT2D eigenvalue weighted by atomic mass is 9.95. The number of hydrogen-bond donors (Lipinski definition) is 4. The number of thiophene rings is 4. The van der Waals surface area contributed by atoms with Crippen LogP contribution in [0.25, 0.3) is 236 Å². The largest absolute Gasteiger partial charge is 0.507 e. The quantitative estimate of drug-likeness (QED) is 0.0843. The Morgan fingerprint density at radius 3 is 0.993 bits per heavy atom. The van der Waals surface area contributed by atoms with E-state index in [0.717, 1.165) is 61.2 Å². The first-order chi connectivity index (χ1) is 67.8. The highest BCUT2D eigenvalue weighted by Gasteiger charge is 2.25. The SMILES string of the molecule is COc1cc(-c2cc3sc4cc(-c5ccccc5)ccc4c3c3ccccc23)nc(-c2ccccc2O)n1.COc1cc(-c2cc3sc4ccc5ccccc5c4c3c3ccccc23)nc(-c2ccccc2O)n1.COc1cc(-c2cc3sc4ccccc4c3c3ccccc23)nc(-c2ccccc2O)n1.COc1cc(-c2ccc3c(c2)sc2cc4ccccc4cc23)nc(-c2ccccc2O)n1. The van der Waals surface area contributed by atoms with Crippen molar-refractivity contribution in [2.24, 2.45) is 0 Å². The third kappa shape index (κ3) is 15.7. The molecule has 0 saturated carbocycles. The number of hydrogen-bond acceptors (Lipinski definition) is 20. The van der Waals surface area contributed by atoms with E-state index in [0.29, 0.717) is 69.1 Å². The second-order valence-electron chi connectivity index (χ2n) is 33.1. The van der Waals surface area contributed by atoms with Gasteiger partial charge >= 0.3 is 0 Å². The molecule has 0 radical (unpaired) electrons. The smallest absolute Gasteiger partial charge is 0.217 e. The van der Waals surface area contributed by atoms with Crippen molar-refractivity contribution in [3.63, 3.8) is 0 Å². The summed E-state index contributed by atoms with van der Waals surface area (Å²) in [5.74, 6) is 4.04. The average molecular weight is 1860 g/mol. The molecule has 0 amide bonds. The van der Waals surface area contributed by atoms with Gasteiger partial charge in [-0.3, -0.25) is 0 Å². The molecule has 0 bridgehead atoms. The van der Waals surface area contributed by atoms with Crippen LogP contribution in [0.15, 0.2) is 376 Å². The third-order valence-electron chi connectivity index (χ3n) is 25.0. The minimum absolute atomic E-state index is 0.130. The lowest BCUT2D eigenvalue weighted by Gasteiger charge is -2.12. The van der Waals surface area contributed by atoms with Gasteiger partial charge in [0.1, 0.15) is 23.0 Å². The molecule has 0 spiro atoms. The van der Waals surface area contributed by atoms with E-state index in [-0.39, 0.29) is 23.0 Å². The molecule has 16 nitrogen and oxygen atoms in total. The van der Waals surface area contributed by atoms with E-state index in [1.165, 1.54) is 130 Å². The molecule has 20 heteroatoms. The third-order valence-corrected chi connectivity index (χ3v) is 29.5. The number of para-hydroxylation sites is 4. The predicted molar refractivity (Wildman–Crippen MR) is 569 cm³/mol. The van der Waals surface area contributed by atoms with Crippen molar-refractivity contribution in [2.75, 3.05) is 28.4 Å². The normalized spacial score (nSPS) is 11.4. The fourth-order valence-corrected chi connectivity index (χ4v) is 23.2. The summed E-state index contributed by atoms with van der Waals surface area (Å²) in [6.45, 7) is 0. The van der Waals surface area contributed by atoms with Gasteiger partial charge in [-0.25, -0.2) is 19.9 Å². The molecule has 0 atom stereocenters. The van der Waals surface area contributed by atoms with Gasteiger partial charge in [-0.2, -0.15) is 19.9 Å². The van der Waals surface area contributed by atoms with Gasteiger partial charge in [-0.15, -0.1) is 45.3 Å². The first kappa shape index (κ1) is 85.1. The minimum atomic E-state index is 0.130. The predicted octanol–water partition coefficient (Wildman–Crippen LogP) is 31.0. The Morgan fingerprint density at radius 2 is 0.507 bits per heavy atom. The number of nitrogens with zero attached hydrogens (tertiary/aromatic N) is 8. The zero-order valence-electron chi connectivity index (χ0n) is 74.4. The Morgan fingerprint density at radius 1 is 0.181 bits per heavy atom. The van der Waals surface area contributed by atoms with E-state index in [4.69, 9.17) is 38.9 Å². The fourth-order valence-electron chi connectivity index (χ4n) is 18.5. The van der Waals surface area contributed by atoms with Crippen LogP contribution in [0.1, 0.15) is 0 Å². The molecule has 8 aromatic heterocycles. The van der Waals surface area contributed by atoms with Crippen LogP contribution >= 0.6 is 45.3 Å². The van der Waals surface area contributed by atoms with Crippen LogP contribution in [0, 0.1) is 0 Å². The van der Waals surface area contributed by atoms with Crippen LogP contribution in [0.3, 0.4) is 0 Å². The maximum absolute atomic E-state index is 10.5. The van der Waals surface area contributed by atoms with Crippen LogP contribution in [-0.4, -0.2) is 88.7 Å². The summed E-state index contributed by atoms with van der Waals surface area (Å²) in [7, 11) is 6.37. The molecule has 662 valence electrons. The number of phenols is 4. The zero-order chi connectivity index (χ0) is 93.2. The second kappa shape index (κ2) is 36.0. The molecule has 0 aliphatic heterocycles. The van der Waals surface area contributed by atoms with E-state index >= 15 is 0 Å². The van der Waals surface area contributed by atoms with Gasteiger partial charge in [-0.05, 0) is 168 Å². The summed E-state index contributed by atoms with van der Waals surface area (Å²) in [5.41, 5.74) is 11.7. The van der Waals surface area contributed by atoms with Crippen LogP contribution in [0.4, 0.5) is 0 Å². The number of ether oxygens (including phenoxy) is 4. The summed E-state index contributed by atoms with van der Waals surface area (Å²) in [6.07, 6.45) is 0.